The molecule has 0 spiro atoms. The monoisotopic (exact) mass is 261 g/mol. The summed E-state index contributed by atoms with van der Waals surface area (Å²) >= 11 is 0. The minimum Gasteiger partial charge on any atom is -0.366 e. The fraction of sp³-hybridized carbons (Fsp3) is 0.562. The number of amides is 1. The third-order valence-electron chi connectivity index (χ3n) is 3.42. The first-order valence-electron chi connectivity index (χ1n) is 6.92. The standard InChI is InChI=1S/C16H23NO2/c1-12-9-10-13-7-5-6-8-14(13)17(12)15(18)11-19-16(2,3)4/h5-8,12H,9-11H2,1-4H3. The number of benzene rings is 1. The Hall–Kier alpha value is -1.35. The van der Waals surface area contributed by atoms with E-state index in [1.54, 1.807) is 0 Å². The third kappa shape index (κ3) is 3.35. The molecule has 0 N–H and O–H groups in total. The predicted octanol–water partition coefficient (Wildman–Crippen LogP) is 3.17. The molecule has 1 aliphatic heterocycles. The van der Waals surface area contributed by atoms with E-state index in [1.165, 1.54) is 5.56 Å². The van der Waals surface area contributed by atoms with Crippen molar-refractivity contribution in [3.05, 3.63) is 29.8 Å². The normalized spacial score (nSPS) is 19.2. The Balaban J connectivity index is 2.17. The highest BCUT2D eigenvalue weighted by molar-refractivity contribution is 5.96. The summed E-state index contributed by atoms with van der Waals surface area (Å²) < 4.78 is 5.62. The zero-order chi connectivity index (χ0) is 14.0. The lowest BCUT2D eigenvalue weighted by molar-refractivity contribution is -0.128. The second-order valence-electron chi connectivity index (χ2n) is 6.18. The van der Waals surface area contributed by atoms with Gasteiger partial charge in [-0.25, -0.2) is 0 Å². The average Bonchev–Trinajstić information content (AvgIpc) is 2.35. The molecule has 0 aromatic heterocycles. The van der Waals surface area contributed by atoms with Crippen molar-refractivity contribution in [3.8, 4) is 0 Å². The fourth-order valence-electron chi connectivity index (χ4n) is 2.42. The van der Waals surface area contributed by atoms with Crippen LogP contribution in [0.3, 0.4) is 0 Å². The first kappa shape index (κ1) is 14.1. The van der Waals surface area contributed by atoms with Crippen molar-refractivity contribution in [1.29, 1.82) is 0 Å². The molecule has 1 unspecified atom stereocenters. The lowest BCUT2D eigenvalue weighted by Gasteiger charge is -2.35. The number of fused-ring (bicyclic) bond motifs is 1. The Morgan fingerprint density at radius 1 is 1.37 bits per heavy atom. The van der Waals surface area contributed by atoms with Gasteiger partial charge in [0.25, 0.3) is 5.91 Å². The van der Waals surface area contributed by atoms with Gasteiger partial charge in [0.1, 0.15) is 6.61 Å². The number of para-hydroxylation sites is 1. The number of carbonyl (C=O) groups excluding carboxylic acids is 1. The van der Waals surface area contributed by atoms with Gasteiger partial charge in [0.15, 0.2) is 0 Å². The van der Waals surface area contributed by atoms with E-state index in [-0.39, 0.29) is 24.2 Å². The highest BCUT2D eigenvalue weighted by Gasteiger charge is 2.28. The molecule has 19 heavy (non-hydrogen) atoms. The van der Waals surface area contributed by atoms with Crippen molar-refractivity contribution in [3.63, 3.8) is 0 Å². The van der Waals surface area contributed by atoms with Crippen molar-refractivity contribution in [2.45, 2.75) is 52.2 Å². The van der Waals surface area contributed by atoms with Gasteiger partial charge in [0, 0.05) is 11.7 Å². The lowest BCUT2D eigenvalue weighted by atomic mass is 9.96. The van der Waals surface area contributed by atoms with Crippen molar-refractivity contribution in [2.24, 2.45) is 0 Å². The fourth-order valence-corrected chi connectivity index (χ4v) is 2.42. The van der Waals surface area contributed by atoms with E-state index in [1.807, 2.05) is 43.9 Å². The molecule has 1 aliphatic rings. The van der Waals surface area contributed by atoms with E-state index >= 15 is 0 Å². The zero-order valence-electron chi connectivity index (χ0n) is 12.3. The van der Waals surface area contributed by atoms with Gasteiger partial charge < -0.3 is 9.64 Å². The minimum atomic E-state index is -0.284. The van der Waals surface area contributed by atoms with E-state index in [2.05, 4.69) is 13.0 Å². The molecule has 104 valence electrons. The second kappa shape index (κ2) is 5.33. The number of rotatable bonds is 2. The number of hydrogen-bond donors (Lipinski definition) is 0. The molecule has 1 aromatic carbocycles. The summed E-state index contributed by atoms with van der Waals surface area (Å²) in [5, 5.41) is 0. The van der Waals surface area contributed by atoms with E-state index in [9.17, 15) is 4.79 Å². The van der Waals surface area contributed by atoms with Crippen LogP contribution in [0.4, 0.5) is 5.69 Å². The Bertz CT molecular complexity index is 462. The minimum absolute atomic E-state index is 0.0505. The smallest absolute Gasteiger partial charge is 0.253 e. The molecule has 1 aromatic rings. The number of nitrogens with zero attached hydrogens (tertiary/aromatic N) is 1. The van der Waals surface area contributed by atoms with Gasteiger partial charge in [-0.1, -0.05) is 18.2 Å². The van der Waals surface area contributed by atoms with Crippen LogP contribution < -0.4 is 4.90 Å². The molecule has 1 heterocycles. The first-order valence-corrected chi connectivity index (χ1v) is 6.92. The Morgan fingerprint density at radius 3 is 2.74 bits per heavy atom. The summed E-state index contributed by atoms with van der Waals surface area (Å²) in [5.41, 5.74) is 2.02. The van der Waals surface area contributed by atoms with Crippen LogP contribution in [0.25, 0.3) is 0 Å². The van der Waals surface area contributed by atoms with Gasteiger partial charge >= 0.3 is 0 Å². The summed E-state index contributed by atoms with van der Waals surface area (Å²) in [7, 11) is 0. The molecule has 2 rings (SSSR count). The molecule has 1 amide bonds. The lowest BCUT2D eigenvalue weighted by Crippen LogP contribution is -2.44. The summed E-state index contributed by atoms with van der Waals surface area (Å²) in [6.45, 7) is 8.14. The maximum atomic E-state index is 12.4. The third-order valence-corrected chi connectivity index (χ3v) is 3.42. The van der Waals surface area contributed by atoms with Gasteiger partial charge in [-0.15, -0.1) is 0 Å². The highest BCUT2D eigenvalue weighted by atomic mass is 16.5. The molecule has 0 fully saturated rings. The van der Waals surface area contributed by atoms with E-state index in [4.69, 9.17) is 4.74 Å². The number of aryl methyl sites for hydroxylation is 1. The van der Waals surface area contributed by atoms with Crippen LogP contribution in [0.15, 0.2) is 24.3 Å². The van der Waals surface area contributed by atoms with Crippen LogP contribution in [0.5, 0.6) is 0 Å². The molecule has 3 nitrogen and oxygen atoms in total. The summed E-state index contributed by atoms with van der Waals surface area (Å²) in [6, 6.07) is 8.39. The van der Waals surface area contributed by atoms with Crippen LogP contribution in [0, 0.1) is 0 Å². The summed E-state index contributed by atoms with van der Waals surface area (Å²) in [4.78, 5) is 14.3. The Labute approximate surface area is 115 Å². The van der Waals surface area contributed by atoms with Gasteiger partial charge in [0.05, 0.1) is 5.60 Å². The largest absolute Gasteiger partial charge is 0.366 e. The Kier molecular flexibility index (Phi) is 3.95. The average molecular weight is 261 g/mol. The molecule has 0 saturated carbocycles. The maximum Gasteiger partial charge on any atom is 0.253 e. The van der Waals surface area contributed by atoms with Crippen molar-refractivity contribution in [1.82, 2.24) is 0 Å². The molecular formula is C16H23NO2. The van der Waals surface area contributed by atoms with Crippen molar-refractivity contribution in [2.75, 3.05) is 11.5 Å². The SMILES string of the molecule is CC1CCc2ccccc2N1C(=O)COC(C)(C)C. The predicted molar refractivity (Wildman–Crippen MR) is 77.4 cm³/mol. The van der Waals surface area contributed by atoms with Gasteiger partial charge in [-0.05, 0) is 52.2 Å². The molecule has 0 radical (unpaired) electrons. The zero-order valence-corrected chi connectivity index (χ0v) is 12.3. The van der Waals surface area contributed by atoms with Crippen LogP contribution in [0.2, 0.25) is 0 Å². The molecule has 0 aliphatic carbocycles. The van der Waals surface area contributed by atoms with Crippen LogP contribution in [-0.2, 0) is 16.0 Å². The summed E-state index contributed by atoms with van der Waals surface area (Å²) in [6.07, 6.45) is 2.06. The number of anilines is 1. The molecule has 1 atom stereocenters. The van der Waals surface area contributed by atoms with Crippen molar-refractivity contribution < 1.29 is 9.53 Å². The topological polar surface area (TPSA) is 29.5 Å². The maximum absolute atomic E-state index is 12.4. The molecule has 0 saturated heterocycles. The summed E-state index contributed by atoms with van der Waals surface area (Å²) in [5.74, 6) is 0.0505. The van der Waals surface area contributed by atoms with Gasteiger partial charge in [-0.3, -0.25) is 4.79 Å². The quantitative estimate of drug-likeness (QED) is 0.818. The number of carbonyl (C=O) groups is 1. The molecule has 3 heteroatoms. The van der Waals surface area contributed by atoms with Crippen LogP contribution in [-0.4, -0.2) is 24.2 Å². The van der Waals surface area contributed by atoms with Crippen LogP contribution in [0.1, 0.15) is 39.7 Å². The first-order chi connectivity index (χ1) is 8.88. The number of ether oxygens (including phenoxy) is 1. The van der Waals surface area contributed by atoms with Gasteiger partial charge in [0.2, 0.25) is 0 Å². The number of hydrogen-bond acceptors (Lipinski definition) is 2. The Morgan fingerprint density at radius 2 is 2.05 bits per heavy atom. The molecule has 0 bridgehead atoms. The van der Waals surface area contributed by atoms with E-state index in [0.29, 0.717) is 0 Å². The van der Waals surface area contributed by atoms with Crippen molar-refractivity contribution >= 4 is 11.6 Å². The van der Waals surface area contributed by atoms with E-state index in [0.717, 1.165) is 18.5 Å². The van der Waals surface area contributed by atoms with Crippen LogP contribution >= 0.6 is 0 Å². The highest BCUT2D eigenvalue weighted by Crippen LogP contribution is 2.30. The van der Waals surface area contributed by atoms with E-state index < -0.39 is 0 Å². The molecular weight excluding hydrogens is 238 g/mol. The van der Waals surface area contributed by atoms with Gasteiger partial charge in [-0.2, -0.15) is 0 Å². The second-order valence-corrected chi connectivity index (χ2v) is 6.18.